The van der Waals surface area contributed by atoms with Gasteiger partial charge in [0.2, 0.25) is 0 Å². The van der Waals surface area contributed by atoms with Crippen LogP contribution in [0.2, 0.25) is 0 Å². The van der Waals surface area contributed by atoms with Crippen molar-refractivity contribution in [2.45, 2.75) is 33.6 Å². The van der Waals surface area contributed by atoms with Gasteiger partial charge in [-0.05, 0) is 26.7 Å². The Bertz CT molecular complexity index is 297. The van der Waals surface area contributed by atoms with E-state index in [4.69, 9.17) is 10.1 Å². The molecule has 17 heavy (non-hydrogen) atoms. The number of allylic oxidation sites excluding steroid dienone is 1. The molecule has 0 spiro atoms. The van der Waals surface area contributed by atoms with Crippen molar-refractivity contribution < 1.29 is 9.53 Å². The van der Waals surface area contributed by atoms with Gasteiger partial charge in [0, 0.05) is 6.21 Å². The molecule has 0 radical (unpaired) electrons. The van der Waals surface area contributed by atoms with Crippen molar-refractivity contribution in [1.82, 2.24) is 0 Å². The lowest BCUT2D eigenvalue weighted by molar-refractivity contribution is -0.155. The fourth-order valence-corrected chi connectivity index (χ4v) is 1.17. The SMILES string of the molecule is C=CCC(C=C)(C=N)COC(=O)C(C)(C)CC. The van der Waals surface area contributed by atoms with Crippen molar-refractivity contribution in [3.8, 4) is 0 Å². The standard InChI is InChI=1S/C14H23NO2/c1-6-9-14(8-3,10-15)11-17-12(16)13(4,5)7-2/h6,8,10,15H,1,3,7,9,11H2,2,4-5H3. The number of ether oxygens (including phenoxy) is 1. The first-order valence-corrected chi connectivity index (χ1v) is 5.81. The van der Waals surface area contributed by atoms with Gasteiger partial charge in [-0.1, -0.05) is 19.1 Å². The number of nitrogens with one attached hydrogen (secondary N) is 1. The first kappa shape index (κ1) is 15.6. The molecule has 3 nitrogen and oxygen atoms in total. The summed E-state index contributed by atoms with van der Waals surface area (Å²) >= 11 is 0. The quantitative estimate of drug-likeness (QED) is 0.400. The van der Waals surface area contributed by atoms with Gasteiger partial charge in [-0.25, -0.2) is 0 Å². The second-order valence-corrected chi connectivity index (χ2v) is 4.89. The highest BCUT2D eigenvalue weighted by atomic mass is 16.5. The van der Waals surface area contributed by atoms with Crippen molar-refractivity contribution in [3.63, 3.8) is 0 Å². The maximum absolute atomic E-state index is 11.8. The van der Waals surface area contributed by atoms with Crippen LogP contribution in [0.15, 0.2) is 25.3 Å². The van der Waals surface area contributed by atoms with Crippen LogP contribution in [0.5, 0.6) is 0 Å². The molecule has 1 N–H and O–H groups in total. The van der Waals surface area contributed by atoms with Crippen LogP contribution in [-0.4, -0.2) is 18.8 Å². The third-order valence-electron chi connectivity index (χ3n) is 3.13. The third kappa shape index (κ3) is 4.17. The molecule has 0 bridgehead atoms. The number of carbonyl (C=O) groups is 1. The van der Waals surface area contributed by atoms with Crippen molar-refractivity contribution >= 4 is 12.2 Å². The van der Waals surface area contributed by atoms with E-state index in [1.54, 1.807) is 12.2 Å². The van der Waals surface area contributed by atoms with E-state index in [9.17, 15) is 4.79 Å². The summed E-state index contributed by atoms with van der Waals surface area (Å²) in [4.78, 5) is 11.8. The van der Waals surface area contributed by atoms with Crippen LogP contribution < -0.4 is 0 Å². The fourth-order valence-electron chi connectivity index (χ4n) is 1.17. The largest absolute Gasteiger partial charge is 0.464 e. The Morgan fingerprint density at radius 1 is 1.41 bits per heavy atom. The number of esters is 1. The second-order valence-electron chi connectivity index (χ2n) is 4.89. The van der Waals surface area contributed by atoms with E-state index in [1.165, 1.54) is 6.21 Å². The zero-order valence-electron chi connectivity index (χ0n) is 11.1. The highest BCUT2D eigenvalue weighted by Crippen LogP contribution is 2.26. The maximum Gasteiger partial charge on any atom is 0.311 e. The van der Waals surface area contributed by atoms with E-state index in [-0.39, 0.29) is 12.6 Å². The summed E-state index contributed by atoms with van der Waals surface area (Å²) in [7, 11) is 0. The molecule has 0 aliphatic heterocycles. The van der Waals surface area contributed by atoms with Gasteiger partial charge in [0.15, 0.2) is 0 Å². The van der Waals surface area contributed by atoms with Crippen molar-refractivity contribution in [2.75, 3.05) is 6.61 Å². The van der Waals surface area contributed by atoms with E-state index in [0.717, 1.165) is 6.42 Å². The van der Waals surface area contributed by atoms with E-state index < -0.39 is 10.8 Å². The van der Waals surface area contributed by atoms with E-state index >= 15 is 0 Å². The van der Waals surface area contributed by atoms with E-state index in [1.807, 2.05) is 20.8 Å². The molecule has 0 saturated carbocycles. The highest BCUT2D eigenvalue weighted by molar-refractivity contribution is 5.76. The Hall–Kier alpha value is -1.38. The monoisotopic (exact) mass is 237 g/mol. The predicted octanol–water partition coefficient (Wildman–Crippen LogP) is 3.36. The second kappa shape index (κ2) is 6.38. The van der Waals surface area contributed by atoms with Crippen LogP contribution in [0, 0.1) is 16.2 Å². The molecule has 0 fully saturated rings. The molecular formula is C14H23NO2. The lowest BCUT2D eigenvalue weighted by Gasteiger charge is -2.27. The minimum atomic E-state index is -0.624. The summed E-state index contributed by atoms with van der Waals surface area (Å²) in [5.74, 6) is -0.239. The molecule has 1 atom stereocenters. The van der Waals surface area contributed by atoms with Gasteiger partial charge in [0.05, 0.1) is 10.8 Å². The molecule has 96 valence electrons. The van der Waals surface area contributed by atoms with Gasteiger partial charge in [0.1, 0.15) is 6.61 Å². The van der Waals surface area contributed by atoms with Gasteiger partial charge < -0.3 is 10.1 Å². The van der Waals surface area contributed by atoms with Gasteiger partial charge >= 0.3 is 5.97 Å². The molecule has 0 aliphatic rings. The van der Waals surface area contributed by atoms with Gasteiger partial charge in [-0.3, -0.25) is 4.79 Å². The molecule has 0 heterocycles. The first-order valence-electron chi connectivity index (χ1n) is 5.81. The lowest BCUT2D eigenvalue weighted by atomic mass is 9.86. The zero-order valence-corrected chi connectivity index (χ0v) is 11.1. The molecule has 0 amide bonds. The molecule has 0 aliphatic carbocycles. The average molecular weight is 237 g/mol. The summed E-state index contributed by atoms with van der Waals surface area (Å²) in [5, 5.41) is 7.42. The molecule has 0 rings (SSSR count). The number of rotatable bonds is 8. The minimum Gasteiger partial charge on any atom is -0.464 e. The summed E-state index contributed by atoms with van der Waals surface area (Å²) in [5.41, 5.74) is -1.11. The number of hydrogen-bond acceptors (Lipinski definition) is 3. The molecule has 3 heteroatoms. The van der Waals surface area contributed by atoms with Crippen LogP contribution in [0.4, 0.5) is 0 Å². The van der Waals surface area contributed by atoms with Crippen LogP contribution in [-0.2, 0) is 9.53 Å². The lowest BCUT2D eigenvalue weighted by Crippen LogP contribution is -2.32. The predicted molar refractivity (Wildman–Crippen MR) is 71.3 cm³/mol. The fraction of sp³-hybridized carbons (Fsp3) is 0.571. The molecule has 0 aromatic carbocycles. The van der Waals surface area contributed by atoms with Crippen LogP contribution in [0.25, 0.3) is 0 Å². The smallest absolute Gasteiger partial charge is 0.311 e. The Balaban J connectivity index is 4.62. The first-order chi connectivity index (χ1) is 7.87. The minimum absolute atomic E-state index is 0.147. The van der Waals surface area contributed by atoms with Gasteiger partial charge in [-0.2, -0.15) is 0 Å². The Kier molecular flexibility index (Phi) is 5.86. The van der Waals surface area contributed by atoms with Crippen molar-refractivity contribution in [1.29, 1.82) is 5.41 Å². The molecule has 0 aromatic heterocycles. The normalized spacial score (nSPS) is 14.5. The van der Waals surface area contributed by atoms with Crippen LogP contribution >= 0.6 is 0 Å². The summed E-state index contributed by atoms with van der Waals surface area (Å²) in [6.07, 6.45) is 5.85. The highest BCUT2D eigenvalue weighted by Gasteiger charge is 2.30. The number of carbonyl (C=O) groups excluding carboxylic acids is 1. The topological polar surface area (TPSA) is 50.1 Å². The molecule has 0 saturated heterocycles. The van der Waals surface area contributed by atoms with E-state index in [0.29, 0.717) is 6.42 Å². The number of hydrogen-bond donors (Lipinski definition) is 1. The third-order valence-corrected chi connectivity index (χ3v) is 3.13. The van der Waals surface area contributed by atoms with Crippen molar-refractivity contribution in [2.24, 2.45) is 10.8 Å². The summed E-state index contributed by atoms with van der Waals surface area (Å²) in [6, 6.07) is 0. The Morgan fingerprint density at radius 3 is 2.35 bits per heavy atom. The molecule has 0 aromatic rings. The van der Waals surface area contributed by atoms with Crippen molar-refractivity contribution in [3.05, 3.63) is 25.3 Å². The maximum atomic E-state index is 11.8. The molecular weight excluding hydrogens is 214 g/mol. The van der Waals surface area contributed by atoms with E-state index in [2.05, 4.69) is 13.2 Å². The van der Waals surface area contributed by atoms with Crippen LogP contribution in [0.3, 0.4) is 0 Å². The zero-order chi connectivity index (χ0) is 13.5. The Morgan fingerprint density at radius 2 is 2.00 bits per heavy atom. The van der Waals surface area contributed by atoms with Gasteiger partial charge in [-0.15, -0.1) is 13.2 Å². The molecule has 1 unspecified atom stereocenters. The summed E-state index contributed by atoms with van der Waals surface area (Å²) < 4.78 is 5.29. The van der Waals surface area contributed by atoms with Gasteiger partial charge in [0.25, 0.3) is 0 Å². The van der Waals surface area contributed by atoms with Crippen LogP contribution in [0.1, 0.15) is 33.6 Å². The Labute approximate surface area is 104 Å². The average Bonchev–Trinajstić information content (AvgIpc) is 2.34. The summed E-state index contributed by atoms with van der Waals surface area (Å²) in [6.45, 7) is 13.1.